The van der Waals surface area contributed by atoms with Gasteiger partial charge in [0.05, 0.1) is 18.0 Å². The Morgan fingerprint density at radius 2 is 0.679 bits per heavy atom. The first-order valence-corrected chi connectivity index (χ1v) is 18.3. The summed E-state index contributed by atoms with van der Waals surface area (Å²) in [6.45, 7) is 8.23. The molecule has 7 aromatic carbocycles. The maximum atomic E-state index is 8.23. The van der Waals surface area contributed by atoms with Crippen LogP contribution in [0.15, 0.2) is 194 Å². The first-order chi connectivity index (χ1) is 27.7. The Morgan fingerprint density at radius 3 is 1.18 bits per heavy atom. The number of aromatic nitrogens is 5. The van der Waals surface area contributed by atoms with Crippen molar-refractivity contribution in [1.82, 2.24) is 24.9 Å². The van der Waals surface area contributed by atoms with E-state index in [9.17, 15) is 0 Å². The molecule has 0 unspecified atom stereocenters. The first kappa shape index (κ1) is 33.9. The third-order valence-electron chi connectivity index (χ3n) is 9.62. The predicted molar refractivity (Wildman–Crippen MR) is 225 cm³/mol. The summed E-state index contributed by atoms with van der Waals surface area (Å²) in [7, 11) is 0. The molecule has 0 N–H and O–H groups in total. The van der Waals surface area contributed by atoms with Crippen molar-refractivity contribution < 1.29 is 0 Å². The van der Waals surface area contributed by atoms with Crippen LogP contribution in [0.5, 0.6) is 0 Å². The molecule has 0 fully saturated rings. The van der Waals surface area contributed by atoms with Gasteiger partial charge in [-0.2, -0.15) is 0 Å². The molecular formula is C50H32N6. The Balaban J connectivity index is 1.20. The minimum Gasteiger partial charge on any atom is -0.238 e. The van der Waals surface area contributed by atoms with E-state index in [0.717, 1.165) is 67.0 Å². The molecule has 0 spiro atoms. The van der Waals surface area contributed by atoms with Crippen LogP contribution in [0.25, 0.3) is 95.2 Å². The molecule has 0 atom stereocenters. The molecule has 0 saturated carbocycles. The van der Waals surface area contributed by atoms with E-state index >= 15 is 0 Å². The lowest BCUT2D eigenvalue weighted by molar-refractivity contribution is 1.07. The van der Waals surface area contributed by atoms with Crippen LogP contribution in [0, 0.1) is 6.57 Å². The Hall–Kier alpha value is -7.88. The highest BCUT2D eigenvalue weighted by Gasteiger charge is 2.20. The van der Waals surface area contributed by atoms with Crippen molar-refractivity contribution in [2.24, 2.45) is 0 Å². The molecule has 0 radical (unpaired) electrons. The normalized spacial score (nSPS) is 10.8. The van der Waals surface area contributed by atoms with E-state index in [0.29, 0.717) is 29.0 Å². The Labute approximate surface area is 325 Å². The first-order valence-electron chi connectivity index (χ1n) is 18.3. The van der Waals surface area contributed by atoms with E-state index in [1.165, 1.54) is 0 Å². The van der Waals surface area contributed by atoms with E-state index in [1.807, 2.05) is 152 Å². The zero-order valence-corrected chi connectivity index (χ0v) is 30.2. The number of hydrogen-bond acceptors (Lipinski definition) is 5. The van der Waals surface area contributed by atoms with Crippen LogP contribution in [0.2, 0.25) is 0 Å². The highest BCUT2D eigenvalue weighted by molar-refractivity contribution is 5.93. The van der Waals surface area contributed by atoms with Gasteiger partial charge in [0, 0.05) is 33.4 Å². The second-order valence-electron chi connectivity index (χ2n) is 13.2. The lowest BCUT2D eigenvalue weighted by Gasteiger charge is -2.16. The van der Waals surface area contributed by atoms with Gasteiger partial charge in [-0.1, -0.05) is 188 Å². The molecule has 0 saturated heterocycles. The van der Waals surface area contributed by atoms with Crippen LogP contribution < -0.4 is 0 Å². The van der Waals surface area contributed by atoms with Gasteiger partial charge in [0.25, 0.3) is 0 Å². The molecule has 262 valence electrons. The predicted octanol–water partition coefficient (Wildman–Crippen LogP) is 12.5. The number of hydrogen-bond donors (Lipinski definition) is 0. The van der Waals surface area contributed by atoms with E-state index < -0.39 is 0 Å². The zero-order valence-electron chi connectivity index (χ0n) is 30.2. The molecule has 2 aromatic heterocycles. The highest BCUT2D eigenvalue weighted by Crippen LogP contribution is 2.41. The topological polar surface area (TPSA) is 68.8 Å². The molecule has 9 aromatic rings. The van der Waals surface area contributed by atoms with E-state index in [-0.39, 0.29) is 0 Å². The summed E-state index contributed by atoms with van der Waals surface area (Å²) in [5, 5.41) is 0. The maximum absolute atomic E-state index is 8.23. The summed E-state index contributed by atoms with van der Waals surface area (Å²) in [6, 6.07) is 64.4. The molecule has 0 amide bonds. The fraction of sp³-hybridized carbons (Fsp3) is 0. The zero-order chi connectivity index (χ0) is 37.7. The summed E-state index contributed by atoms with van der Waals surface area (Å²) in [4.78, 5) is 29.2. The summed E-state index contributed by atoms with van der Waals surface area (Å²) >= 11 is 0. The SMILES string of the molecule is [C-]#[N+]c1ccc(-c2ccccc2-c2nc(-c3ccccc3)cc(-c3ccccc3)n2)cc1-c1ccccc1-c1nc(-c2ccccc2)nc(-c2ccccc2)n1. The number of nitrogens with zero attached hydrogens (tertiary/aromatic N) is 6. The van der Waals surface area contributed by atoms with Gasteiger partial charge in [0.2, 0.25) is 0 Å². The third-order valence-corrected chi connectivity index (χ3v) is 9.62. The monoisotopic (exact) mass is 716 g/mol. The van der Waals surface area contributed by atoms with Crippen LogP contribution in [-0.2, 0) is 0 Å². The smallest absolute Gasteiger partial charge is 0.194 e. The van der Waals surface area contributed by atoms with Crippen LogP contribution in [-0.4, -0.2) is 24.9 Å². The fourth-order valence-corrected chi connectivity index (χ4v) is 6.87. The van der Waals surface area contributed by atoms with Crippen molar-refractivity contribution in [1.29, 1.82) is 0 Å². The van der Waals surface area contributed by atoms with Crippen LogP contribution in [0.3, 0.4) is 0 Å². The van der Waals surface area contributed by atoms with Crippen molar-refractivity contribution in [3.63, 3.8) is 0 Å². The third kappa shape index (κ3) is 6.84. The molecular weight excluding hydrogens is 685 g/mol. The standard InChI is InChI=1S/C50H32N6/c1-51-44-31-30-38(39-26-14-16-28-41(39)49-52-45(34-18-6-2-7-19-34)33-46(53-49)35-20-8-3-9-21-35)32-43(44)40-27-15-17-29-42(40)50-55-47(36-22-10-4-11-23-36)54-48(56-50)37-24-12-5-13-25-37/h2-33H. The van der Waals surface area contributed by atoms with Crippen molar-refractivity contribution in [2.75, 3.05) is 0 Å². The van der Waals surface area contributed by atoms with E-state index in [2.05, 4.69) is 47.3 Å². The van der Waals surface area contributed by atoms with E-state index in [4.69, 9.17) is 31.5 Å². The highest BCUT2D eigenvalue weighted by atomic mass is 15.0. The van der Waals surface area contributed by atoms with Crippen LogP contribution in [0.1, 0.15) is 0 Å². The Morgan fingerprint density at radius 1 is 0.286 bits per heavy atom. The largest absolute Gasteiger partial charge is 0.238 e. The Bertz CT molecular complexity index is 2740. The summed E-state index contributed by atoms with van der Waals surface area (Å²) in [6.07, 6.45) is 0. The van der Waals surface area contributed by atoms with Gasteiger partial charge in [-0.3, -0.25) is 0 Å². The van der Waals surface area contributed by atoms with Crippen molar-refractivity contribution in [3.8, 4) is 90.3 Å². The maximum Gasteiger partial charge on any atom is 0.194 e. The second kappa shape index (κ2) is 15.2. The van der Waals surface area contributed by atoms with Crippen LogP contribution in [0.4, 0.5) is 5.69 Å². The van der Waals surface area contributed by atoms with Gasteiger partial charge >= 0.3 is 0 Å². The average Bonchev–Trinajstić information content (AvgIpc) is 3.29. The lowest BCUT2D eigenvalue weighted by Crippen LogP contribution is -2.01. The van der Waals surface area contributed by atoms with Gasteiger partial charge in [-0.25, -0.2) is 29.8 Å². The Kier molecular flexibility index (Phi) is 9.23. The molecule has 56 heavy (non-hydrogen) atoms. The van der Waals surface area contributed by atoms with Crippen molar-refractivity contribution in [2.45, 2.75) is 0 Å². The molecule has 0 aliphatic rings. The molecule has 2 heterocycles. The minimum absolute atomic E-state index is 0.521. The van der Waals surface area contributed by atoms with Gasteiger partial charge in [-0.15, -0.1) is 0 Å². The lowest BCUT2D eigenvalue weighted by atomic mass is 9.92. The quantitative estimate of drug-likeness (QED) is 0.146. The minimum atomic E-state index is 0.521. The van der Waals surface area contributed by atoms with Crippen molar-refractivity contribution >= 4 is 5.69 Å². The van der Waals surface area contributed by atoms with Gasteiger partial charge < -0.3 is 0 Å². The van der Waals surface area contributed by atoms with Gasteiger partial charge in [-0.05, 0) is 28.3 Å². The molecule has 0 bridgehead atoms. The molecule has 0 aliphatic carbocycles. The molecule has 6 heteroatoms. The average molecular weight is 717 g/mol. The van der Waals surface area contributed by atoms with Crippen molar-refractivity contribution in [3.05, 3.63) is 206 Å². The molecule has 9 rings (SSSR count). The summed E-state index contributed by atoms with van der Waals surface area (Å²) < 4.78 is 0. The van der Waals surface area contributed by atoms with Crippen LogP contribution >= 0.6 is 0 Å². The van der Waals surface area contributed by atoms with Gasteiger partial charge in [0.1, 0.15) is 0 Å². The second-order valence-corrected chi connectivity index (χ2v) is 13.2. The van der Waals surface area contributed by atoms with E-state index in [1.54, 1.807) is 0 Å². The fourth-order valence-electron chi connectivity index (χ4n) is 6.87. The summed E-state index contributed by atoms with van der Waals surface area (Å²) in [5.74, 6) is 2.29. The summed E-state index contributed by atoms with van der Waals surface area (Å²) in [5.41, 5.74) is 11.2. The molecule has 6 nitrogen and oxygen atoms in total. The number of benzene rings is 7. The van der Waals surface area contributed by atoms with Gasteiger partial charge in [0.15, 0.2) is 29.0 Å². The number of rotatable bonds is 8. The molecule has 0 aliphatic heterocycles.